The lowest BCUT2D eigenvalue weighted by Gasteiger charge is -2.02. The second-order valence-corrected chi connectivity index (χ2v) is 4.50. The Bertz CT molecular complexity index is 583. The van der Waals surface area contributed by atoms with Gasteiger partial charge in [-0.15, -0.1) is 0 Å². The van der Waals surface area contributed by atoms with Gasteiger partial charge in [-0.25, -0.2) is 9.07 Å². The molecule has 0 aliphatic carbocycles. The van der Waals surface area contributed by atoms with Crippen molar-refractivity contribution in [2.75, 3.05) is 7.11 Å². The van der Waals surface area contributed by atoms with Gasteiger partial charge in [0.05, 0.1) is 29.9 Å². The molecule has 0 unspecified atom stereocenters. The number of benzene rings is 1. The first kappa shape index (κ1) is 12.8. The first-order valence-electron chi connectivity index (χ1n) is 5.16. The number of nitrogens with zero attached hydrogens (tertiary/aromatic N) is 2. The molecule has 18 heavy (non-hydrogen) atoms. The summed E-state index contributed by atoms with van der Waals surface area (Å²) >= 11 is 3.11. The van der Waals surface area contributed by atoms with Crippen molar-refractivity contribution >= 4 is 21.9 Å². The molecule has 94 valence electrons. The highest BCUT2D eigenvalue weighted by Crippen LogP contribution is 2.19. The fourth-order valence-corrected chi connectivity index (χ4v) is 1.83. The molecular formula is C12H10BrFN2O2. The van der Waals surface area contributed by atoms with Crippen LogP contribution in [0.1, 0.15) is 5.56 Å². The van der Waals surface area contributed by atoms with Crippen molar-refractivity contribution in [3.8, 4) is 5.69 Å². The van der Waals surface area contributed by atoms with Gasteiger partial charge in [0.25, 0.3) is 0 Å². The molecule has 2 aromatic rings. The SMILES string of the molecule is COC(=O)Cc1cnn(-c2ccc(F)c(Br)c2)c1. The molecule has 0 atom stereocenters. The molecule has 6 heteroatoms. The van der Waals surface area contributed by atoms with E-state index < -0.39 is 0 Å². The molecule has 0 fully saturated rings. The number of rotatable bonds is 3. The fraction of sp³-hybridized carbons (Fsp3) is 0.167. The van der Waals surface area contributed by atoms with Crippen molar-refractivity contribution in [3.63, 3.8) is 0 Å². The number of aromatic nitrogens is 2. The molecule has 0 saturated heterocycles. The minimum absolute atomic E-state index is 0.166. The number of carbonyl (C=O) groups excluding carboxylic acids is 1. The van der Waals surface area contributed by atoms with Crippen molar-refractivity contribution in [1.82, 2.24) is 9.78 Å². The van der Waals surface area contributed by atoms with E-state index in [1.54, 1.807) is 29.2 Å². The van der Waals surface area contributed by atoms with Crippen molar-refractivity contribution in [2.45, 2.75) is 6.42 Å². The summed E-state index contributed by atoms with van der Waals surface area (Å²) in [5.41, 5.74) is 1.45. The molecule has 0 aliphatic heterocycles. The van der Waals surface area contributed by atoms with E-state index in [-0.39, 0.29) is 18.2 Å². The van der Waals surface area contributed by atoms with Crippen LogP contribution in [0.5, 0.6) is 0 Å². The Morgan fingerprint density at radius 2 is 2.33 bits per heavy atom. The van der Waals surface area contributed by atoms with Crippen LogP contribution >= 0.6 is 15.9 Å². The average molecular weight is 313 g/mol. The lowest BCUT2D eigenvalue weighted by molar-refractivity contribution is -0.139. The largest absolute Gasteiger partial charge is 0.469 e. The first-order chi connectivity index (χ1) is 8.60. The van der Waals surface area contributed by atoms with E-state index in [0.717, 1.165) is 5.56 Å². The minimum Gasteiger partial charge on any atom is -0.469 e. The van der Waals surface area contributed by atoms with Gasteiger partial charge in [-0.1, -0.05) is 0 Å². The summed E-state index contributed by atoms with van der Waals surface area (Å²) in [6, 6.07) is 4.57. The zero-order valence-corrected chi connectivity index (χ0v) is 11.1. The Morgan fingerprint density at radius 3 is 3.00 bits per heavy atom. The van der Waals surface area contributed by atoms with E-state index in [1.165, 1.54) is 13.2 Å². The molecule has 0 amide bonds. The molecule has 0 spiro atoms. The van der Waals surface area contributed by atoms with Crippen LogP contribution in [0.3, 0.4) is 0 Å². The third-order valence-corrected chi connectivity index (χ3v) is 2.99. The smallest absolute Gasteiger partial charge is 0.310 e. The van der Waals surface area contributed by atoms with Crippen LogP contribution in [0.4, 0.5) is 4.39 Å². The second-order valence-electron chi connectivity index (χ2n) is 3.64. The van der Waals surface area contributed by atoms with Gasteiger partial charge in [0.2, 0.25) is 0 Å². The second kappa shape index (κ2) is 5.30. The Balaban J connectivity index is 2.23. The van der Waals surface area contributed by atoms with Gasteiger partial charge >= 0.3 is 5.97 Å². The summed E-state index contributed by atoms with van der Waals surface area (Å²) in [7, 11) is 1.34. The van der Waals surface area contributed by atoms with E-state index in [4.69, 9.17) is 0 Å². The average Bonchev–Trinajstić information content (AvgIpc) is 2.81. The molecule has 0 aliphatic rings. The monoisotopic (exact) mass is 312 g/mol. The zero-order valence-electron chi connectivity index (χ0n) is 9.56. The van der Waals surface area contributed by atoms with E-state index >= 15 is 0 Å². The molecule has 4 nitrogen and oxygen atoms in total. The molecule has 1 aromatic heterocycles. The summed E-state index contributed by atoms with van der Waals surface area (Å²) in [5.74, 6) is -0.657. The van der Waals surface area contributed by atoms with E-state index in [0.29, 0.717) is 10.2 Å². The highest BCUT2D eigenvalue weighted by molar-refractivity contribution is 9.10. The van der Waals surface area contributed by atoms with Gasteiger partial charge in [0.15, 0.2) is 0 Å². The van der Waals surface area contributed by atoms with Gasteiger partial charge in [0, 0.05) is 11.8 Å². The number of halogens is 2. The topological polar surface area (TPSA) is 44.1 Å². The molecule has 1 heterocycles. The van der Waals surface area contributed by atoms with E-state index in [1.807, 2.05) is 0 Å². The summed E-state index contributed by atoms with van der Waals surface area (Å²) in [6.45, 7) is 0. The van der Waals surface area contributed by atoms with E-state index in [2.05, 4.69) is 25.8 Å². The number of ether oxygens (including phenoxy) is 1. The van der Waals surface area contributed by atoms with Crippen LogP contribution in [-0.4, -0.2) is 22.9 Å². The Kier molecular flexibility index (Phi) is 3.76. The minimum atomic E-state index is -0.333. The molecule has 0 bridgehead atoms. The van der Waals surface area contributed by atoms with Gasteiger partial charge in [0.1, 0.15) is 5.82 Å². The van der Waals surface area contributed by atoms with Crippen molar-refractivity contribution in [1.29, 1.82) is 0 Å². The predicted octanol–water partition coefficient (Wildman–Crippen LogP) is 2.49. The van der Waals surface area contributed by atoms with E-state index in [9.17, 15) is 9.18 Å². The lowest BCUT2D eigenvalue weighted by Crippen LogP contribution is -2.03. The van der Waals surface area contributed by atoms with Crippen molar-refractivity contribution < 1.29 is 13.9 Å². The summed E-state index contributed by atoms with van der Waals surface area (Å²) in [6.07, 6.45) is 3.45. The quantitative estimate of drug-likeness (QED) is 0.818. The summed E-state index contributed by atoms with van der Waals surface area (Å²) in [5, 5.41) is 4.11. The summed E-state index contributed by atoms with van der Waals surface area (Å²) in [4.78, 5) is 11.1. The van der Waals surface area contributed by atoms with Gasteiger partial charge in [-0.05, 0) is 34.1 Å². The summed E-state index contributed by atoms with van der Waals surface area (Å²) < 4.78 is 19.6. The molecule has 0 radical (unpaired) electrons. The maximum atomic E-state index is 13.1. The molecular weight excluding hydrogens is 303 g/mol. The number of methoxy groups -OCH3 is 1. The Labute approximate surface area is 111 Å². The predicted molar refractivity (Wildman–Crippen MR) is 66.9 cm³/mol. The highest BCUT2D eigenvalue weighted by atomic mass is 79.9. The maximum absolute atomic E-state index is 13.1. The fourth-order valence-electron chi connectivity index (χ4n) is 1.46. The normalized spacial score (nSPS) is 10.4. The third kappa shape index (κ3) is 2.76. The Morgan fingerprint density at radius 1 is 1.56 bits per heavy atom. The number of hydrogen-bond acceptors (Lipinski definition) is 3. The molecule has 2 rings (SSSR count). The third-order valence-electron chi connectivity index (χ3n) is 2.38. The number of esters is 1. The van der Waals surface area contributed by atoms with Gasteiger partial charge in [-0.2, -0.15) is 5.10 Å². The molecule has 1 aromatic carbocycles. The van der Waals surface area contributed by atoms with Crippen LogP contribution in [0.25, 0.3) is 5.69 Å². The van der Waals surface area contributed by atoms with Crippen LogP contribution < -0.4 is 0 Å². The maximum Gasteiger partial charge on any atom is 0.310 e. The number of carbonyl (C=O) groups is 1. The first-order valence-corrected chi connectivity index (χ1v) is 5.95. The zero-order chi connectivity index (χ0) is 13.1. The van der Waals surface area contributed by atoms with Crippen LogP contribution in [0.2, 0.25) is 0 Å². The highest BCUT2D eigenvalue weighted by Gasteiger charge is 2.07. The van der Waals surface area contributed by atoms with Gasteiger partial charge in [-0.3, -0.25) is 4.79 Å². The molecule has 0 N–H and O–H groups in total. The van der Waals surface area contributed by atoms with Crippen molar-refractivity contribution in [2.24, 2.45) is 0 Å². The van der Waals surface area contributed by atoms with Crippen LogP contribution in [0.15, 0.2) is 35.1 Å². The number of hydrogen-bond donors (Lipinski definition) is 0. The van der Waals surface area contributed by atoms with Crippen LogP contribution in [0, 0.1) is 5.82 Å². The van der Waals surface area contributed by atoms with Crippen molar-refractivity contribution in [3.05, 3.63) is 46.4 Å². The molecule has 0 saturated carbocycles. The van der Waals surface area contributed by atoms with Crippen LogP contribution in [-0.2, 0) is 16.0 Å². The Hall–Kier alpha value is -1.69. The lowest BCUT2D eigenvalue weighted by atomic mass is 10.2. The standard InChI is InChI=1S/C12H10BrFN2O2/c1-18-12(17)4-8-6-15-16(7-8)9-2-3-11(14)10(13)5-9/h2-3,5-7H,4H2,1H3. The van der Waals surface area contributed by atoms with Gasteiger partial charge < -0.3 is 4.74 Å².